The lowest BCUT2D eigenvalue weighted by atomic mass is 10.2. The zero-order valence-electron chi connectivity index (χ0n) is 14.6. The molecular formula is C17H13Cl2FN2O4S3. The van der Waals surface area contributed by atoms with Crippen LogP contribution in [0, 0.1) is 12.7 Å². The minimum absolute atomic E-state index is 0.0112. The van der Waals surface area contributed by atoms with Gasteiger partial charge in [0.25, 0.3) is 20.0 Å². The molecule has 0 fully saturated rings. The van der Waals surface area contributed by atoms with E-state index in [0.717, 1.165) is 23.5 Å². The van der Waals surface area contributed by atoms with Crippen molar-refractivity contribution in [3.63, 3.8) is 0 Å². The summed E-state index contributed by atoms with van der Waals surface area (Å²) in [6.07, 6.45) is 0. The number of benzene rings is 2. The van der Waals surface area contributed by atoms with Gasteiger partial charge >= 0.3 is 0 Å². The van der Waals surface area contributed by atoms with Crippen LogP contribution in [0.1, 0.15) is 5.56 Å². The summed E-state index contributed by atoms with van der Waals surface area (Å²) in [5.74, 6) is -0.741. The van der Waals surface area contributed by atoms with E-state index in [0.29, 0.717) is 5.56 Å². The van der Waals surface area contributed by atoms with Crippen molar-refractivity contribution in [2.45, 2.75) is 16.7 Å². The number of rotatable bonds is 6. The Balaban J connectivity index is 1.96. The van der Waals surface area contributed by atoms with Gasteiger partial charge in [0.2, 0.25) is 0 Å². The monoisotopic (exact) mass is 494 g/mol. The first-order valence-corrected chi connectivity index (χ1v) is 12.4. The van der Waals surface area contributed by atoms with E-state index in [1.165, 1.54) is 43.3 Å². The van der Waals surface area contributed by atoms with Gasteiger partial charge in [-0.1, -0.05) is 41.4 Å². The van der Waals surface area contributed by atoms with Gasteiger partial charge in [-0.05, 0) is 42.8 Å². The van der Waals surface area contributed by atoms with Crippen molar-refractivity contribution in [3.05, 3.63) is 68.6 Å². The van der Waals surface area contributed by atoms with E-state index in [2.05, 4.69) is 9.44 Å². The highest BCUT2D eigenvalue weighted by Crippen LogP contribution is 2.35. The highest BCUT2D eigenvalue weighted by atomic mass is 35.5. The zero-order valence-corrected chi connectivity index (χ0v) is 18.6. The third-order valence-corrected chi connectivity index (χ3v) is 8.40. The summed E-state index contributed by atoms with van der Waals surface area (Å²) >= 11 is 12.6. The largest absolute Gasteiger partial charge is 0.280 e. The molecule has 1 heterocycles. The fraction of sp³-hybridized carbons (Fsp3) is 0.0588. The van der Waals surface area contributed by atoms with Gasteiger partial charge in [0.05, 0.1) is 20.6 Å². The highest BCUT2D eigenvalue weighted by molar-refractivity contribution is 7.93. The molecule has 3 rings (SSSR count). The average Bonchev–Trinajstić information content (AvgIpc) is 2.97. The molecule has 0 aliphatic rings. The van der Waals surface area contributed by atoms with Crippen molar-refractivity contribution in [1.29, 1.82) is 0 Å². The van der Waals surface area contributed by atoms with Crippen LogP contribution in [0.25, 0.3) is 0 Å². The van der Waals surface area contributed by atoms with Crippen molar-refractivity contribution < 1.29 is 21.2 Å². The van der Waals surface area contributed by atoms with Crippen molar-refractivity contribution in [1.82, 2.24) is 0 Å². The number of anilines is 2. The predicted molar refractivity (Wildman–Crippen MR) is 114 cm³/mol. The molecule has 0 saturated heterocycles. The van der Waals surface area contributed by atoms with Gasteiger partial charge in [0.15, 0.2) is 0 Å². The van der Waals surface area contributed by atoms with Crippen molar-refractivity contribution in [2.24, 2.45) is 0 Å². The summed E-state index contributed by atoms with van der Waals surface area (Å²) in [5.41, 5.74) is 0.105. The van der Waals surface area contributed by atoms with E-state index < -0.39 is 25.9 Å². The summed E-state index contributed by atoms with van der Waals surface area (Å²) in [7, 11) is -8.28. The normalized spacial score (nSPS) is 12.0. The van der Waals surface area contributed by atoms with Crippen LogP contribution in [0.5, 0.6) is 0 Å². The number of nitrogens with one attached hydrogen (secondary N) is 2. The second kappa shape index (κ2) is 8.11. The molecule has 0 bridgehead atoms. The number of para-hydroxylation sites is 1. The van der Waals surface area contributed by atoms with E-state index >= 15 is 0 Å². The van der Waals surface area contributed by atoms with Crippen LogP contribution in [0.3, 0.4) is 0 Å². The zero-order chi connectivity index (χ0) is 21.4. The Kier molecular flexibility index (Phi) is 6.11. The van der Waals surface area contributed by atoms with Crippen LogP contribution in [-0.4, -0.2) is 16.8 Å². The number of hydrogen-bond acceptors (Lipinski definition) is 5. The Morgan fingerprint density at radius 3 is 2.17 bits per heavy atom. The first-order chi connectivity index (χ1) is 13.5. The smallest absolute Gasteiger partial charge is 0.264 e. The molecule has 1 aromatic heterocycles. The lowest BCUT2D eigenvalue weighted by molar-refractivity contribution is 0.597. The second-order valence-electron chi connectivity index (χ2n) is 5.86. The predicted octanol–water partition coefficient (Wildman–Crippen LogP) is 5.10. The van der Waals surface area contributed by atoms with Crippen LogP contribution < -0.4 is 9.44 Å². The Hall–Kier alpha value is -1.85. The number of aryl methyl sites for hydroxylation is 1. The molecule has 0 saturated carbocycles. The summed E-state index contributed by atoms with van der Waals surface area (Å²) in [4.78, 5) is -0.431. The van der Waals surface area contributed by atoms with Gasteiger partial charge in [0, 0.05) is 0 Å². The van der Waals surface area contributed by atoms with Crippen LogP contribution in [-0.2, 0) is 20.0 Å². The quantitative estimate of drug-likeness (QED) is 0.498. The molecule has 0 atom stereocenters. The van der Waals surface area contributed by atoms with Crippen molar-refractivity contribution in [3.8, 4) is 0 Å². The minimum Gasteiger partial charge on any atom is -0.280 e. The van der Waals surface area contributed by atoms with Crippen molar-refractivity contribution in [2.75, 3.05) is 9.44 Å². The minimum atomic E-state index is -4.18. The molecule has 2 N–H and O–H groups in total. The number of thiophene rings is 1. The maximum absolute atomic E-state index is 13.8. The fourth-order valence-electron chi connectivity index (χ4n) is 2.42. The average molecular weight is 495 g/mol. The van der Waals surface area contributed by atoms with Gasteiger partial charge < -0.3 is 0 Å². The Labute approximate surface area is 181 Å². The summed E-state index contributed by atoms with van der Waals surface area (Å²) in [6, 6.07) is 10.5. The molecule has 3 aromatic rings. The maximum atomic E-state index is 13.8. The number of sulfonamides is 2. The molecule has 0 aliphatic carbocycles. The molecule has 0 unspecified atom stereocenters. The Bertz CT molecular complexity index is 1290. The molecule has 0 radical (unpaired) electrons. The molecule has 0 aliphatic heterocycles. The summed E-state index contributed by atoms with van der Waals surface area (Å²) in [5, 5.41) is 0. The number of hydrogen-bond donors (Lipinski definition) is 2. The third-order valence-electron chi connectivity index (χ3n) is 3.76. The van der Waals surface area contributed by atoms with E-state index in [1.807, 2.05) is 0 Å². The van der Waals surface area contributed by atoms with Gasteiger partial charge in [0.1, 0.15) is 15.0 Å². The van der Waals surface area contributed by atoms with Gasteiger partial charge in [-0.2, -0.15) is 0 Å². The molecule has 154 valence electrons. The molecule has 0 spiro atoms. The van der Waals surface area contributed by atoms with Gasteiger partial charge in [-0.3, -0.25) is 9.44 Å². The molecule has 29 heavy (non-hydrogen) atoms. The van der Waals surface area contributed by atoms with E-state index in [9.17, 15) is 21.2 Å². The third kappa shape index (κ3) is 4.84. The van der Waals surface area contributed by atoms with Crippen LogP contribution >= 0.6 is 34.5 Å². The van der Waals surface area contributed by atoms with Crippen LogP contribution in [0.2, 0.25) is 8.67 Å². The van der Waals surface area contributed by atoms with Crippen LogP contribution in [0.4, 0.5) is 15.8 Å². The van der Waals surface area contributed by atoms with Crippen molar-refractivity contribution >= 4 is 66.0 Å². The van der Waals surface area contributed by atoms with Crippen LogP contribution in [0.15, 0.2) is 58.3 Å². The topological polar surface area (TPSA) is 92.3 Å². The van der Waals surface area contributed by atoms with E-state index in [4.69, 9.17) is 23.2 Å². The summed E-state index contributed by atoms with van der Waals surface area (Å²) < 4.78 is 69.0. The SMILES string of the molecule is Cc1ccc(NS(=O)(=O)c2cc(Cl)sc2Cl)cc1S(=O)(=O)Nc1ccccc1F. The van der Waals surface area contributed by atoms with Gasteiger partial charge in [-0.15, -0.1) is 11.3 Å². The molecule has 2 aromatic carbocycles. The van der Waals surface area contributed by atoms with Gasteiger partial charge in [-0.25, -0.2) is 21.2 Å². The second-order valence-corrected chi connectivity index (χ2v) is 11.4. The lowest BCUT2D eigenvalue weighted by Gasteiger charge is -2.13. The fourth-order valence-corrected chi connectivity index (χ4v) is 6.95. The van der Waals surface area contributed by atoms with E-state index in [1.54, 1.807) is 0 Å². The van der Waals surface area contributed by atoms with E-state index in [-0.39, 0.29) is 29.8 Å². The maximum Gasteiger partial charge on any atom is 0.264 e. The standard InChI is InChI=1S/C17H13Cl2FN2O4S3/c1-10-6-7-11(21-29(25,26)15-9-16(18)27-17(15)19)8-14(10)28(23,24)22-13-5-3-2-4-12(13)20/h2-9,21-22H,1H3. The molecular weight excluding hydrogens is 482 g/mol. The molecule has 0 amide bonds. The molecule has 12 heteroatoms. The summed E-state index contributed by atoms with van der Waals surface area (Å²) in [6.45, 7) is 1.53. The first-order valence-electron chi connectivity index (χ1n) is 7.85. The Morgan fingerprint density at radius 1 is 0.897 bits per heavy atom. The lowest BCUT2D eigenvalue weighted by Crippen LogP contribution is -2.17. The number of halogens is 3. The molecule has 6 nitrogen and oxygen atoms in total. The highest BCUT2D eigenvalue weighted by Gasteiger charge is 2.23. The first kappa shape index (κ1) is 21.8. The Morgan fingerprint density at radius 2 is 1.55 bits per heavy atom.